The molecule has 4 heteroatoms. The molecule has 0 aliphatic heterocycles. The van der Waals surface area contributed by atoms with Crippen molar-refractivity contribution in [2.24, 2.45) is 5.92 Å². The van der Waals surface area contributed by atoms with Gasteiger partial charge < -0.3 is 15.4 Å². The van der Waals surface area contributed by atoms with Gasteiger partial charge >= 0.3 is 0 Å². The number of methoxy groups -OCH3 is 1. The zero-order chi connectivity index (χ0) is 12.0. The van der Waals surface area contributed by atoms with Gasteiger partial charge in [-0.3, -0.25) is 4.79 Å². The van der Waals surface area contributed by atoms with E-state index in [0.717, 1.165) is 25.9 Å². The van der Waals surface area contributed by atoms with E-state index in [0.29, 0.717) is 12.3 Å². The highest BCUT2D eigenvalue weighted by molar-refractivity contribution is 5.77. The van der Waals surface area contributed by atoms with Crippen molar-refractivity contribution in [3.05, 3.63) is 0 Å². The van der Waals surface area contributed by atoms with E-state index in [9.17, 15) is 4.79 Å². The molecule has 0 saturated heterocycles. The van der Waals surface area contributed by atoms with Crippen LogP contribution >= 0.6 is 0 Å². The second kappa shape index (κ2) is 6.21. The van der Waals surface area contributed by atoms with Crippen molar-refractivity contribution in [1.82, 2.24) is 10.6 Å². The van der Waals surface area contributed by atoms with Crippen molar-refractivity contribution in [2.75, 3.05) is 27.2 Å². The summed E-state index contributed by atoms with van der Waals surface area (Å²) in [5.74, 6) is 0.582. The van der Waals surface area contributed by atoms with Gasteiger partial charge in [-0.25, -0.2) is 0 Å². The van der Waals surface area contributed by atoms with E-state index in [4.69, 9.17) is 4.74 Å². The maximum atomic E-state index is 11.7. The van der Waals surface area contributed by atoms with E-state index >= 15 is 0 Å². The van der Waals surface area contributed by atoms with Crippen LogP contribution in [0.5, 0.6) is 0 Å². The van der Waals surface area contributed by atoms with Gasteiger partial charge in [0.25, 0.3) is 0 Å². The summed E-state index contributed by atoms with van der Waals surface area (Å²) in [7, 11) is 3.63. The number of nitrogens with one attached hydrogen (secondary N) is 2. The molecule has 1 fully saturated rings. The molecule has 0 spiro atoms. The van der Waals surface area contributed by atoms with Gasteiger partial charge in [0.05, 0.1) is 12.0 Å². The second-order valence-electron chi connectivity index (χ2n) is 4.88. The Hall–Kier alpha value is -0.610. The van der Waals surface area contributed by atoms with E-state index < -0.39 is 0 Å². The summed E-state index contributed by atoms with van der Waals surface area (Å²) in [5.41, 5.74) is -0.156. The number of carbonyl (C=O) groups excluding carboxylic acids is 1. The van der Waals surface area contributed by atoms with Crippen LogP contribution in [0, 0.1) is 5.92 Å². The molecule has 1 aliphatic rings. The summed E-state index contributed by atoms with van der Waals surface area (Å²) >= 11 is 0. The zero-order valence-electron chi connectivity index (χ0n) is 10.6. The maximum Gasteiger partial charge on any atom is 0.222 e. The number of amides is 1. The Balaban J connectivity index is 2.20. The first-order chi connectivity index (χ1) is 7.62. The van der Waals surface area contributed by atoms with Gasteiger partial charge in [0, 0.05) is 13.7 Å². The molecule has 1 aliphatic carbocycles. The lowest BCUT2D eigenvalue weighted by Crippen LogP contribution is -2.44. The van der Waals surface area contributed by atoms with Crippen LogP contribution in [0.1, 0.15) is 32.6 Å². The molecule has 0 radical (unpaired) electrons. The van der Waals surface area contributed by atoms with Gasteiger partial charge in [0.1, 0.15) is 0 Å². The van der Waals surface area contributed by atoms with Crippen molar-refractivity contribution >= 4 is 5.91 Å². The Kier molecular flexibility index (Phi) is 5.22. The Labute approximate surface area is 98.1 Å². The SMILES string of the molecule is CNCC(C)CNC(=O)CC1(OC)CCC1. The van der Waals surface area contributed by atoms with E-state index in [1.54, 1.807) is 7.11 Å². The molecule has 1 saturated carbocycles. The summed E-state index contributed by atoms with van der Waals surface area (Å²) in [5, 5.41) is 6.06. The minimum Gasteiger partial charge on any atom is -0.378 e. The number of carbonyl (C=O) groups is 1. The Bertz CT molecular complexity index is 222. The molecule has 0 bridgehead atoms. The molecule has 4 nitrogen and oxygen atoms in total. The van der Waals surface area contributed by atoms with Gasteiger partial charge in [-0.1, -0.05) is 6.92 Å². The predicted molar refractivity (Wildman–Crippen MR) is 64.3 cm³/mol. The first-order valence-electron chi connectivity index (χ1n) is 6.08. The first kappa shape index (κ1) is 13.5. The van der Waals surface area contributed by atoms with Crippen LogP contribution in [0.4, 0.5) is 0 Å². The monoisotopic (exact) mass is 228 g/mol. The number of ether oxygens (including phenoxy) is 1. The predicted octanol–water partition coefficient (Wildman–Crippen LogP) is 0.917. The third-order valence-corrected chi connectivity index (χ3v) is 3.38. The van der Waals surface area contributed by atoms with Crippen LogP contribution in [0.15, 0.2) is 0 Å². The third-order valence-electron chi connectivity index (χ3n) is 3.38. The molecule has 1 unspecified atom stereocenters. The van der Waals surface area contributed by atoms with Crippen molar-refractivity contribution in [2.45, 2.75) is 38.2 Å². The van der Waals surface area contributed by atoms with Crippen molar-refractivity contribution in [3.63, 3.8) is 0 Å². The summed E-state index contributed by atoms with van der Waals surface area (Å²) in [6.45, 7) is 3.78. The van der Waals surface area contributed by atoms with Crippen LogP contribution in [0.2, 0.25) is 0 Å². The van der Waals surface area contributed by atoms with Crippen molar-refractivity contribution < 1.29 is 9.53 Å². The fourth-order valence-electron chi connectivity index (χ4n) is 2.09. The van der Waals surface area contributed by atoms with Gasteiger partial charge in [0.2, 0.25) is 5.91 Å². The van der Waals surface area contributed by atoms with E-state index in [-0.39, 0.29) is 11.5 Å². The van der Waals surface area contributed by atoms with Gasteiger partial charge in [-0.15, -0.1) is 0 Å². The van der Waals surface area contributed by atoms with Crippen LogP contribution < -0.4 is 10.6 Å². The highest BCUT2D eigenvalue weighted by atomic mass is 16.5. The van der Waals surface area contributed by atoms with E-state index in [1.165, 1.54) is 6.42 Å². The number of hydrogen-bond donors (Lipinski definition) is 2. The quantitative estimate of drug-likeness (QED) is 0.681. The standard InChI is InChI=1S/C12H24N2O2/c1-10(8-13-2)9-14-11(15)7-12(16-3)5-4-6-12/h10,13H,4-9H2,1-3H3,(H,14,15). The normalized spacial score (nSPS) is 19.9. The van der Waals surface area contributed by atoms with Crippen LogP contribution in [0.25, 0.3) is 0 Å². The molecule has 1 rings (SSSR count). The molecule has 94 valence electrons. The summed E-state index contributed by atoms with van der Waals surface area (Å²) in [4.78, 5) is 11.7. The van der Waals surface area contributed by atoms with E-state index in [2.05, 4.69) is 17.6 Å². The average Bonchev–Trinajstić information content (AvgIpc) is 2.21. The molecule has 16 heavy (non-hydrogen) atoms. The minimum absolute atomic E-state index is 0.115. The fourth-order valence-corrected chi connectivity index (χ4v) is 2.09. The minimum atomic E-state index is -0.156. The molecule has 2 N–H and O–H groups in total. The van der Waals surface area contributed by atoms with Crippen LogP contribution in [-0.2, 0) is 9.53 Å². The van der Waals surface area contributed by atoms with Gasteiger partial charge in [-0.05, 0) is 38.8 Å². The maximum absolute atomic E-state index is 11.7. The van der Waals surface area contributed by atoms with E-state index in [1.807, 2.05) is 7.05 Å². The highest BCUT2D eigenvalue weighted by Crippen LogP contribution is 2.37. The van der Waals surface area contributed by atoms with Gasteiger partial charge in [-0.2, -0.15) is 0 Å². The molecule has 1 atom stereocenters. The summed E-state index contributed by atoms with van der Waals surface area (Å²) < 4.78 is 5.43. The summed E-state index contributed by atoms with van der Waals surface area (Å²) in [6.07, 6.45) is 3.72. The fraction of sp³-hybridized carbons (Fsp3) is 0.917. The lowest BCUT2D eigenvalue weighted by molar-refractivity contribution is -0.134. The lowest BCUT2D eigenvalue weighted by atomic mass is 9.77. The molecular weight excluding hydrogens is 204 g/mol. The third kappa shape index (κ3) is 3.76. The van der Waals surface area contributed by atoms with Crippen molar-refractivity contribution in [1.29, 1.82) is 0 Å². The number of hydrogen-bond acceptors (Lipinski definition) is 3. The van der Waals surface area contributed by atoms with Gasteiger partial charge in [0.15, 0.2) is 0 Å². The highest BCUT2D eigenvalue weighted by Gasteiger charge is 2.38. The second-order valence-corrected chi connectivity index (χ2v) is 4.88. The molecular formula is C12H24N2O2. The molecule has 0 aromatic carbocycles. The Morgan fingerprint density at radius 3 is 2.56 bits per heavy atom. The van der Waals surface area contributed by atoms with Crippen molar-refractivity contribution in [3.8, 4) is 0 Å². The zero-order valence-corrected chi connectivity index (χ0v) is 10.6. The molecule has 0 heterocycles. The Morgan fingerprint density at radius 2 is 2.12 bits per heavy atom. The topological polar surface area (TPSA) is 50.4 Å². The largest absolute Gasteiger partial charge is 0.378 e. The Morgan fingerprint density at radius 1 is 1.44 bits per heavy atom. The molecule has 0 aromatic heterocycles. The lowest BCUT2D eigenvalue weighted by Gasteiger charge is -2.40. The first-order valence-corrected chi connectivity index (χ1v) is 6.08. The summed E-state index contributed by atoms with van der Waals surface area (Å²) in [6, 6.07) is 0. The smallest absolute Gasteiger partial charge is 0.222 e. The van der Waals surface area contributed by atoms with Crippen LogP contribution in [-0.4, -0.2) is 38.8 Å². The molecule has 1 amide bonds. The van der Waals surface area contributed by atoms with Crippen LogP contribution in [0.3, 0.4) is 0 Å². The molecule has 0 aromatic rings. The average molecular weight is 228 g/mol. The number of rotatable bonds is 7.